The van der Waals surface area contributed by atoms with Crippen LogP contribution in [0.15, 0.2) is 30.3 Å². The second kappa shape index (κ2) is 4.51. The Morgan fingerprint density at radius 1 is 1.17 bits per heavy atom. The number of alkyl halides is 1. The summed E-state index contributed by atoms with van der Waals surface area (Å²) in [5.41, 5.74) is 1.23. The summed E-state index contributed by atoms with van der Waals surface area (Å²) >= 11 is 6.20. The van der Waals surface area contributed by atoms with E-state index in [1.807, 2.05) is 18.2 Å². The molecule has 0 saturated carbocycles. The minimum absolute atomic E-state index is 0.172. The number of benzene rings is 1. The molecule has 1 aromatic rings. The first-order valence-corrected chi connectivity index (χ1v) is 4.83. The summed E-state index contributed by atoms with van der Waals surface area (Å²) in [5.74, 6) is 0.660. The summed E-state index contributed by atoms with van der Waals surface area (Å²) in [6.45, 7) is 4.39. The molecule has 0 fully saturated rings. The molecule has 0 aromatic heterocycles. The Labute approximate surface area is 79.6 Å². The van der Waals surface area contributed by atoms with E-state index in [0.717, 1.165) is 6.42 Å². The van der Waals surface area contributed by atoms with Crippen molar-refractivity contribution < 1.29 is 0 Å². The Kier molecular flexibility index (Phi) is 3.61. The van der Waals surface area contributed by atoms with Gasteiger partial charge >= 0.3 is 0 Å². The van der Waals surface area contributed by atoms with E-state index in [-0.39, 0.29) is 5.38 Å². The van der Waals surface area contributed by atoms with Gasteiger partial charge in [0.25, 0.3) is 0 Å². The van der Waals surface area contributed by atoms with Crippen molar-refractivity contribution in [3.8, 4) is 0 Å². The Hall–Kier alpha value is -0.490. The zero-order valence-electron chi connectivity index (χ0n) is 7.63. The van der Waals surface area contributed by atoms with E-state index < -0.39 is 0 Å². The zero-order chi connectivity index (χ0) is 8.97. The standard InChI is InChI=1S/C11H15Cl/c1-9(2)8-11(12)10-6-4-3-5-7-10/h3-7,9,11H,8H2,1-2H3. The van der Waals surface area contributed by atoms with Crippen LogP contribution in [-0.2, 0) is 0 Å². The minimum Gasteiger partial charge on any atom is -0.118 e. The van der Waals surface area contributed by atoms with Gasteiger partial charge in [-0.1, -0.05) is 44.2 Å². The molecule has 0 saturated heterocycles. The smallest absolute Gasteiger partial charge is 0.0587 e. The summed E-state index contributed by atoms with van der Waals surface area (Å²) in [6.07, 6.45) is 1.05. The molecule has 0 radical (unpaired) electrons. The molecule has 0 bridgehead atoms. The van der Waals surface area contributed by atoms with Crippen LogP contribution in [0.1, 0.15) is 31.2 Å². The van der Waals surface area contributed by atoms with Gasteiger partial charge < -0.3 is 0 Å². The van der Waals surface area contributed by atoms with Crippen LogP contribution in [0.3, 0.4) is 0 Å². The molecular weight excluding hydrogens is 168 g/mol. The molecular formula is C11H15Cl. The van der Waals surface area contributed by atoms with Gasteiger partial charge in [-0.05, 0) is 17.9 Å². The maximum atomic E-state index is 6.20. The molecule has 0 heterocycles. The lowest BCUT2D eigenvalue weighted by molar-refractivity contribution is 0.575. The Bertz CT molecular complexity index is 216. The number of hydrogen-bond donors (Lipinski definition) is 0. The highest BCUT2D eigenvalue weighted by molar-refractivity contribution is 6.20. The normalized spacial score (nSPS) is 13.3. The van der Waals surface area contributed by atoms with Crippen LogP contribution in [-0.4, -0.2) is 0 Å². The maximum absolute atomic E-state index is 6.20. The van der Waals surface area contributed by atoms with Gasteiger partial charge in [0.15, 0.2) is 0 Å². The largest absolute Gasteiger partial charge is 0.118 e. The minimum atomic E-state index is 0.172. The van der Waals surface area contributed by atoms with Gasteiger partial charge in [0.1, 0.15) is 0 Å². The second-order valence-electron chi connectivity index (χ2n) is 3.51. The van der Waals surface area contributed by atoms with E-state index in [2.05, 4.69) is 26.0 Å². The molecule has 0 aliphatic rings. The predicted octanol–water partition coefficient (Wildman–Crippen LogP) is 4.01. The summed E-state index contributed by atoms with van der Waals surface area (Å²) in [4.78, 5) is 0. The van der Waals surface area contributed by atoms with Crippen molar-refractivity contribution in [1.82, 2.24) is 0 Å². The highest BCUT2D eigenvalue weighted by Crippen LogP contribution is 2.26. The van der Waals surface area contributed by atoms with E-state index in [1.54, 1.807) is 0 Å². The fraction of sp³-hybridized carbons (Fsp3) is 0.455. The number of rotatable bonds is 3. The van der Waals surface area contributed by atoms with Crippen LogP contribution in [0, 0.1) is 5.92 Å². The maximum Gasteiger partial charge on any atom is 0.0587 e. The van der Waals surface area contributed by atoms with E-state index in [9.17, 15) is 0 Å². The molecule has 1 heteroatoms. The average Bonchev–Trinajstić information content (AvgIpc) is 2.05. The predicted molar refractivity (Wildman–Crippen MR) is 54.5 cm³/mol. The fourth-order valence-electron chi connectivity index (χ4n) is 1.21. The van der Waals surface area contributed by atoms with Crippen LogP contribution in [0.4, 0.5) is 0 Å². The molecule has 1 unspecified atom stereocenters. The molecule has 0 amide bonds. The lowest BCUT2D eigenvalue weighted by Gasteiger charge is -2.11. The summed E-state index contributed by atoms with van der Waals surface area (Å²) in [7, 11) is 0. The van der Waals surface area contributed by atoms with Crippen molar-refractivity contribution in [2.45, 2.75) is 25.6 Å². The van der Waals surface area contributed by atoms with Gasteiger partial charge in [-0.2, -0.15) is 0 Å². The van der Waals surface area contributed by atoms with Crippen LogP contribution < -0.4 is 0 Å². The van der Waals surface area contributed by atoms with E-state index in [0.29, 0.717) is 5.92 Å². The third-order valence-corrected chi connectivity index (χ3v) is 2.27. The van der Waals surface area contributed by atoms with Crippen LogP contribution in [0.2, 0.25) is 0 Å². The molecule has 0 aliphatic carbocycles. The molecule has 0 aliphatic heterocycles. The van der Waals surface area contributed by atoms with Crippen LogP contribution in [0.5, 0.6) is 0 Å². The van der Waals surface area contributed by atoms with E-state index >= 15 is 0 Å². The van der Waals surface area contributed by atoms with Gasteiger partial charge in [-0.3, -0.25) is 0 Å². The van der Waals surface area contributed by atoms with Crippen molar-refractivity contribution in [2.75, 3.05) is 0 Å². The highest BCUT2D eigenvalue weighted by Gasteiger charge is 2.08. The SMILES string of the molecule is CC(C)CC(Cl)c1ccccc1. The second-order valence-corrected chi connectivity index (χ2v) is 4.03. The van der Waals surface area contributed by atoms with Crippen molar-refractivity contribution in [2.24, 2.45) is 5.92 Å². The first-order valence-electron chi connectivity index (χ1n) is 4.39. The molecule has 0 nitrogen and oxygen atoms in total. The number of halogens is 1. The van der Waals surface area contributed by atoms with Crippen molar-refractivity contribution in [3.05, 3.63) is 35.9 Å². The van der Waals surface area contributed by atoms with Gasteiger partial charge in [0.05, 0.1) is 5.38 Å². The molecule has 1 atom stereocenters. The van der Waals surface area contributed by atoms with Crippen molar-refractivity contribution >= 4 is 11.6 Å². The zero-order valence-corrected chi connectivity index (χ0v) is 8.38. The third kappa shape index (κ3) is 2.86. The Balaban J connectivity index is 2.59. The molecule has 12 heavy (non-hydrogen) atoms. The van der Waals surface area contributed by atoms with Gasteiger partial charge in [0, 0.05) is 0 Å². The van der Waals surface area contributed by atoms with Crippen LogP contribution in [0.25, 0.3) is 0 Å². The van der Waals surface area contributed by atoms with Gasteiger partial charge in [-0.25, -0.2) is 0 Å². The highest BCUT2D eigenvalue weighted by atomic mass is 35.5. The molecule has 1 rings (SSSR count). The van der Waals surface area contributed by atoms with E-state index in [1.165, 1.54) is 5.56 Å². The summed E-state index contributed by atoms with van der Waals surface area (Å²) in [5, 5.41) is 0.172. The topological polar surface area (TPSA) is 0 Å². The monoisotopic (exact) mass is 182 g/mol. The van der Waals surface area contributed by atoms with Gasteiger partial charge in [-0.15, -0.1) is 11.6 Å². The first kappa shape index (κ1) is 9.60. The first-order chi connectivity index (χ1) is 5.70. The quantitative estimate of drug-likeness (QED) is 0.620. The van der Waals surface area contributed by atoms with Crippen molar-refractivity contribution in [3.63, 3.8) is 0 Å². The Morgan fingerprint density at radius 3 is 2.25 bits per heavy atom. The summed E-state index contributed by atoms with van der Waals surface area (Å²) in [6, 6.07) is 10.2. The molecule has 66 valence electrons. The molecule has 0 N–H and O–H groups in total. The lowest BCUT2D eigenvalue weighted by atomic mass is 10.0. The van der Waals surface area contributed by atoms with Crippen LogP contribution >= 0.6 is 11.6 Å². The number of hydrogen-bond acceptors (Lipinski definition) is 0. The van der Waals surface area contributed by atoms with Crippen molar-refractivity contribution in [1.29, 1.82) is 0 Å². The molecule has 1 aromatic carbocycles. The fourth-order valence-corrected chi connectivity index (χ4v) is 1.71. The van der Waals surface area contributed by atoms with E-state index in [4.69, 9.17) is 11.6 Å². The van der Waals surface area contributed by atoms with Gasteiger partial charge in [0.2, 0.25) is 0 Å². The average molecular weight is 183 g/mol. The summed E-state index contributed by atoms with van der Waals surface area (Å²) < 4.78 is 0. The lowest BCUT2D eigenvalue weighted by Crippen LogP contribution is -1.95. The Morgan fingerprint density at radius 2 is 1.75 bits per heavy atom. The third-order valence-electron chi connectivity index (χ3n) is 1.84. The molecule has 0 spiro atoms.